The first kappa shape index (κ1) is 17.1. The van der Waals surface area contributed by atoms with Crippen molar-refractivity contribution in [1.82, 2.24) is 9.29 Å². The van der Waals surface area contributed by atoms with Gasteiger partial charge in [0.25, 0.3) is 0 Å². The second kappa shape index (κ2) is 6.27. The number of thiazole rings is 1. The van der Waals surface area contributed by atoms with Crippen molar-refractivity contribution in [2.45, 2.75) is 57.9 Å². The molecule has 0 aliphatic carbocycles. The van der Waals surface area contributed by atoms with Gasteiger partial charge in [-0.1, -0.05) is 6.42 Å². The van der Waals surface area contributed by atoms with Crippen LogP contribution < -0.4 is 0 Å². The number of thiophene rings is 1. The molecular formula is C16H22N2O2S3. The van der Waals surface area contributed by atoms with Crippen molar-refractivity contribution in [3.63, 3.8) is 0 Å². The van der Waals surface area contributed by atoms with Crippen LogP contribution in [-0.2, 0) is 10.0 Å². The van der Waals surface area contributed by atoms with Gasteiger partial charge in [0.15, 0.2) is 0 Å². The molecular weight excluding hydrogens is 348 g/mol. The van der Waals surface area contributed by atoms with E-state index < -0.39 is 10.0 Å². The smallest absolute Gasteiger partial charge is 0.240 e. The Bertz CT molecular complexity index is 801. The molecule has 1 atom stereocenters. The van der Waals surface area contributed by atoms with E-state index in [-0.39, 0.29) is 6.04 Å². The molecule has 0 amide bonds. The zero-order valence-corrected chi connectivity index (χ0v) is 16.4. The maximum atomic E-state index is 13.1. The Balaban J connectivity index is 2.00. The summed E-state index contributed by atoms with van der Waals surface area (Å²) in [6.07, 6.45) is 3.00. The highest BCUT2D eigenvalue weighted by Crippen LogP contribution is 2.38. The number of nitrogens with zero attached hydrogens (tertiary/aromatic N) is 2. The van der Waals surface area contributed by atoms with Crippen LogP contribution in [0.1, 0.15) is 41.6 Å². The number of sulfonamides is 1. The zero-order chi connectivity index (χ0) is 16.8. The van der Waals surface area contributed by atoms with E-state index >= 15 is 0 Å². The normalized spacial score (nSPS) is 20.1. The summed E-state index contributed by atoms with van der Waals surface area (Å²) in [5.74, 6) is 0. The monoisotopic (exact) mass is 370 g/mol. The predicted octanol–water partition coefficient (Wildman–Crippen LogP) is 4.36. The molecule has 1 aliphatic heterocycles. The van der Waals surface area contributed by atoms with Crippen molar-refractivity contribution in [3.8, 4) is 9.88 Å². The third-order valence-electron chi connectivity index (χ3n) is 4.44. The van der Waals surface area contributed by atoms with Crippen LogP contribution in [0.25, 0.3) is 9.88 Å². The standard InChI is InChI=1S/C16H22N2O2S3/c1-10-7-5-6-8-18(10)23(19,20)15-9-14(21-13(15)4)16-17-11(2)12(3)22-16/h9-10H,5-8H2,1-4H3/t10-/m1/s1. The van der Waals surface area contributed by atoms with Crippen molar-refractivity contribution in [2.75, 3.05) is 6.54 Å². The van der Waals surface area contributed by atoms with Gasteiger partial charge in [-0.15, -0.1) is 22.7 Å². The van der Waals surface area contributed by atoms with Crippen LogP contribution in [0.2, 0.25) is 0 Å². The fourth-order valence-corrected chi connectivity index (χ4v) is 7.18. The van der Waals surface area contributed by atoms with Crippen molar-refractivity contribution >= 4 is 32.7 Å². The summed E-state index contributed by atoms with van der Waals surface area (Å²) in [7, 11) is -3.41. The fourth-order valence-electron chi connectivity index (χ4n) is 2.96. The van der Waals surface area contributed by atoms with Gasteiger partial charge in [0.1, 0.15) is 5.01 Å². The fraction of sp³-hybridized carbons (Fsp3) is 0.562. The van der Waals surface area contributed by atoms with Gasteiger partial charge in [-0.05, 0) is 46.6 Å². The average Bonchev–Trinajstić information content (AvgIpc) is 3.03. The number of hydrogen-bond acceptors (Lipinski definition) is 5. The first-order valence-corrected chi connectivity index (χ1v) is 10.9. The van der Waals surface area contributed by atoms with Gasteiger partial charge in [0.2, 0.25) is 10.0 Å². The molecule has 3 heterocycles. The van der Waals surface area contributed by atoms with Crippen LogP contribution in [0.5, 0.6) is 0 Å². The Hall–Kier alpha value is -0.760. The lowest BCUT2D eigenvalue weighted by atomic mass is 10.1. The maximum Gasteiger partial charge on any atom is 0.244 e. The molecule has 1 saturated heterocycles. The van der Waals surface area contributed by atoms with E-state index in [4.69, 9.17) is 0 Å². The molecule has 2 aromatic heterocycles. The van der Waals surface area contributed by atoms with E-state index in [1.54, 1.807) is 15.6 Å². The van der Waals surface area contributed by atoms with Gasteiger partial charge in [-0.25, -0.2) is 13.4 Å². The quantitative estimate of drug-likeness (QED) is 0.806. The van der Waals surface area contributed by atoms with Gasteiger partial charge < -0.3 is 0 Å². The van der Waals surface area contributed by atoms with Gasteiger partial charge in [0, 0.05) is 22.3 Å². The third kappa shape index (κ3) is 3.12. The lowest BCUT2D eigenvalue weighted by Crippen LogP contribution is -2.41. The van der Waals surface area contributed by atoms with E-state index in [9.17, 15) is 8.42 Å². The van der Waals surface area contributed by atoms with Gasteiger partial charge in [0.05, 0.1) is 15.5 Å². The summed E-state index contributed by atoms with van der Waals surface area (Å²) in [4.78, 5) is 8.00. The van der Waals surface area contributed by atoms with E-state index in [1.165, 1.54) is 16.2 Å². The molecule has 0 aromatic carbocycles. The molecule has 1 fully saturated rings. The molecule has 7 heteroatoms. The Morgan fingerprint density at radius 3 is 2.52 bits per heavy atom. The highest BCUT2D eigenvalue weighted by molar-refractivity contribution is 7.89. The van der Waals surface area contributed by atoms with Crippen molar-refractivity contribution in [1.29, 1.82) is 0 Å². The highest BCUT2D eigenvalue weighted by atomic mass is 32.2. The molecule has 0 bridgehead atoms. The maximum absolute atomic E-state index is 13.1. The predicted molar refractivity (Wildman–Crippen MR) is 96.8 cm³/mol. The summed E-state index contributed by atoms with van der Waals surface area (Å²) in [6.45, 7) is 8.56. The third-order valence-corrected chi connectivity index (χ3v) is 9.00. The molecule has 4 nitrogen and oxygen atoms in total. The van der Waals surface area contributed by atoms with Crippen LogP contribution in [0.15, 0.2) is 11.0 Å². The molecule has 23 heavy (non-hydrogen) atoms. The summed E-state index contributed by atoms with van der Waals surface area (Å²) in [5.41, 5.74) is 1.02. The molecule has 0 N–H and O–H groups in total. The largest absolute Gasteiger partial charge is 0.244 e. The molecule has 3 rings (SSSR count). The second-order valence-corrected chi connectivity index (χ2v) is 10.5. The first-order chi connectivity index (χ1) is 10.8. The first-order valence-electron chi connectivity index (χ1n) is 7.87. The minimum atomic E-state index is -3.41. The summed E-state index contributed by atoms with van der Waals surface area (Å²) in [6, 6.07) is 1.90. The van der Waals surface area contributed by atoms with E-state index in [0.29, 0.717) is 11.4 Å². The molecule has 0 unspecified atom stereocenters. The second-order valence-electron chi connectivity index (χ2n) is 6.15. The molecule has 0 spiro atoms. The van der Waals surface area contributed by atoms with Crippen molar-refractivity contribution in [2.24, 2.45) is 0 Å². The number of hydrogen-bond donors (Lipinski definition) is 0. The molecule has 2 aromatic rings. The Labute approximate surface area is 146 Å². The lowest BCUT2D eigenvalue weighted by Gasteiger charge is -2.32. The van der Waals surface area contributed by atoms with E-state index in [2.05, 4.69) is 4.98 Å². The summed E-state index contributed by atoms with van der Waals surface area (Å²) < 4.78 is 27.8. The topological polar surface area (TPSA) is 50.3 Å². The van der Waals surface area contributed by atoms with Gasteiger partial charge >= 0.3 is 0 Å². The van der Waals surface area contributed by atoms with Crippen LogP contribution in [0.3, 0.4) is 0 Å². The SMILES string of the molecule is Cc1nc(-c2cc(S(=O)(=O)N3CCCC[C@H]3C)c(C)s2)sc1C. The van der Waals surface area contributed by atoms with Gasteiger partial charge in [-0.2, -0.15) is 4.31 Å². The number of piperidine rings is 1. The van der Waals surface area contributed by atoms with E-state index in [1.807, 2.05) is 33.8 Å². The Morgan fingerprint density at radius 1 is 1.17 bits per heavy atom. The van der Waals surface area contributed by atoms with Crippen LogP contribution in [0, 0.1) is 20.8 Å². The van der Waals surface area contributed by atoms with Crippen LogP contribution in [0.4, 0.5) is 0 Å². The van der Waals surface area contributed by atoms with Crippen molar-refractivity contribution < 1.29 is 8.42 Å². The minimum absolute atomic E-state index is 0.0841. The molecule has 126 valence electrons. The van der Waals surface area contributed by atoms with Crippen molar-refractivity contribution in [3.05, 3.63) is 21.5 Å². The summed E-state index contributed by atoms with van der Waals surface area (Å²) >= 11 is 3.15. The highest BCUT2D eigenvalue weighted by Gasteiger charge is 2.33. The summed E-state index contributed by atoms with van der Waals surface area (Å²) in [5, 5.41) is 0.918. The molecule has 0 saturated carbocycles. The minimum Gasteiger partial charge on any atom is -0.240 e. The number of aromatic nitrogens is 1. The molecule has 0 radical (unpaired) electrons. The van der Waals surface area contributed by atoms with Crippen LogP contribution >= 0.6 is 22.7 Å². The molecule has 1 aliphatic rings. The number of rotatable bonds is 3. The van der Waals surface area contributed by atoms with Crippen LogP contribution in [-0.4, -0.2) is 30.3 Å². The Morgan fingerprint density at radius 2 is 1.91 bits per heavy atom. The average molecular weight is 371 g/mol. The van der Waals surface area contributed by atoms with Gasteiger partial charge in [-0.3, -0.25) is 0 Å². The zero-order valence-electron chi connectivity index (χ0n) is 13.9. The Kier molecular flexibility index (Phi) is 4.66. The van der Waals surface area contributed by atoms with E-state index in [0.717, 1.165) is 39.7 Å². The lowest BCUT2D eigenvalue weighted by molar-refractivity contribution is 0.268. The number of aryl methyl sites for hydroxylation is 3.